The van der Waals surface area contributed by atoms with Gasteiger partial charge in [-0.15, -0.1) is 0 Å². The fourth-order valence-corrected chi connectivity index (χ4v) is 5.35. The van der Waals surface area contributed by atoms with Crippen LogP contribution in [0.4, 0.5) is 5.69 Å². The average Bonchev–Trinajstić information content (AvgIpc) is 2.70. The predicted molar refractivity (Wildman–Crippen MR) is 127 cm³/mol. The van der Waals surface area contributed by atoms with E-state index in [4.69, 9.17) is 0 Å². The van der Waals surface area contributed by atoms with E-state index in [-0.39, 0.29) is 30.8 Å². The van der Waals surface area contributed by atoms with Gasteiger partial charge in [-0.05, 0) is 87.1 Å². The predicted octanol–water partition coefficient (Wildman–Crippen LogP) is 3.73. The van der Waals surface area contributed by atoms with Gasteiger partial charge < -0.3 is 10.6 Å². The molecule has 2 amide bonds. The van der Waals surface area contributed by atoms with Gasteiger partial charge in [-0.2, -0.15) is 0 Å². The lowest BCUT2D eigenvalue weighted by atomic mass is 9.95. The summed E-state index contributed by atoms with van der Waals surface area (Å²) in [6, 6.07) is 6.93. The second kappa shape index (κ2) is 10.3. The van der Waals surface area contributed by atoms with E-state index < -0.39 is 10.0 Å². The molecule has 0 radical (unpaired) electrons. The Morgan fingerprint density at radius 3 is 2.06 bits per heavy atom. The van der Waals surface area contributed by atoms with E-state index in [9.17, 15) is 18.0 Å². The van der Waals surface area contributed by atoms with Crippen molar-refractivity contribution >= 4 is 27.5 Å². The zero-order chi connectivity index (χ0) is 24.2. The summed E-state index contributed by atoms with van der Waals surface area (Å²) in [5, 5.41) is 5.58. The zero-order valence-electron chi connectivity index (χ0n) is 19.8. The van der Waals surface area contributed by atoms with Crippen molar-refractivity contribution in [2.24, 2.45) is 0 Å². The van der Waals surface area contributed by atoms with Crippen LogP contribution in [0.15, 0.2) is 29.2 Å². The smallest absolute Gasteiger partial charge is 0.241 e. The Labute approximate surface area is 191 Å². The van der Waals surface area contributed by atoms with Crippen molar-refractivity contribution in [2.45, 2.75) is 65.8 Å². The van der Waals surface area contributed by atoms with Crippen molar-refractivity contribution < 1.29 is 18.0 Å². The molecule has 2 aromatic rings. The summed E-state index contributed by atoms with van der Waals surface area (Å²) in [4.78, 5) is 23.9. The van der Waals surface area contributed by atoms with Crippen LogP contribution < -0.4 is 15.4 Å². The van der Waals surface area contributed by atoms with Gasteiger partial charge in [0.2, 0.25) is 21.8 Å². The van der Waals surface area contributed by atoms with Crippen LogP contribution in [0.3, 0.4) is 0 Å². The van der Waals surface area contributed by atoms with Crippen LogP contribution in [0.1, 0.15) is 59.7 Å². The first-order chi connectivity index (χ1) is 14.8. The van der Waals surface area contributed by atoms with Crippen LogP contribution >= 0.6 is 0 Å². The normalized spacial score (nSPS) is 12.3. The molecule has 1 atom stereocenters. The van der Waals surface area contributed by atoms with Gasteiger partial charge in [0.25, 0.3) is 0 Å². The summed E-state index contributed by atoms with van der Waals surface area (Å²) in [7, 11) is -3.75. The van der Waals surface area contributed by atoms with E-state index >= 15 is 0 Å². The Kier molecular flexibility index (Phi) is 8.20. The summed E-state index contributed by atoms with van der Waals surface area (Å²) >= 11 is 0. The van der Waals surface area contributed by atoms with Crippen molar-refractivity contribution in [2.75, 3.05) is 11.9 Å². The van der Waals surface area contributed by atoms with Gasteiger partial charge in [-0.1, -0.05) is 12.1 Å². The molecule has 0 heterocycles. The molecule has 174 valence electrons. The zero-order valence-corrected chi connectivity index (χ0v) is 20.7. The number of carbonyl (C=O) groups excluding carboxylic acids is 2. The minimum atomic E-state index is -3.75. The summed E-state index contributed by atoms with van der Waals surface area (Å²) < 4.78 is 28.5. The number of nitrogens with one attached hydrogen (secondary N) is 3. The van der Waals surface area contributed by atoms with Crippen molar-refractivity contribution in [3.63, 3.8) is 0 Å². The number of hydrogen-bond donors (Lipinski definition) is 3. The van der Waals surface area contributed by atoms with Crippen LogP contribution in [-0.4, -0.2) is 26.8 Å². The molecular weight excluding hydrogens is 426 g/mol. The molecule has 0 spiro atoms. The van der Waals surface area contributed by atoms with E-state index in [2.05, 4.69) is 15.4 Å². The maximum Gasteiger partial charge on any atom is 0.241 e. The van der Waals surface area contributed by atoms with Crippen LogP contribution in [-0.2, 0) is 19.6 Å². The molecule has 0 aliphatic heterocycles. The monoisotopic (exact) mass is 459 g/mol. The van der Waals surface area contributed by atoms with Gasteiger partial charge in [-0.3, -0.25) is 9.59 Å². The first kappa shape index (κ1) is 25.5. The lowest BCUT2D eigenvalue weighted by Crippen LogP contribution is -2.32. The third kappa shape index (κ3) is 5.95. The maximum absolute atomic E-state index is 13.0. The summed E-state index contributed by atoms with van der Waals surface area (Å²) in [5.74, 6) is -0.439. The molecule has 0 saturated carbocycles. The van der Waals surface area contributed by atoms with Gasteiger partial charge in [0, 0.05) is 25.6 Å². The molecule has 0 saturated heterocycles. The largest absolute Gasteiger partial charge is 0.350 e. The standard InChI is InChI=1S/C24H33N3O4S/c1-14-15(2)17(4)24(18(5)16(14)3)32(30,31)25-12-11-23(29)26-19(6)21-9-8-10-22(13-21)27-20(7)28/h8-10,13,19,25H,11-12H2,1-7H3,(H,26,29)(H,27,28). The highest BCUT2D eigenvalue weighted by Crippen LogP contribution is 2.29. The Morgan fingerprint density at radius 1 is 0.938 bits per heavy atom. The number of hydrogen-bond acceptors (Lipinski definition) is 4. The molecule has 0 aliphatic rings. The van der Waals surface area contributed by atoms with Crippen molar-refractivity contribution in [1.82, 2.24) is 10.0 Å². The Hall–Kier alpha value is -2.71. The van der Waals surface area contributed by atoms with Crippen LogP contribution in [0.5, 0.6) is 0 Å². The van der Waals surface area contributed by atoms with E-state index in [1.54, 1.807) is 18.2 Å². The Balaban J connectivity index is 2.02. The second-order valence-electron chi connectivity index (χ2n) is 8.20. The second-order valence-corrected chi connectivity index (χ2v) is 9.90. The number of rotatable bonds is 8. The number of anilines is 1. The highest BCUT2D eigenvalue weighted by molar-refractivity contribution is 7.89. The molecule has 2 rings (SSSR count). The Bertz CT molecular complexity index is 1110. The minimum absolute atomic E-state index is 0.00231. The highest BCUT2D eigenvalue weighted by atomic mass is 32.2. The van der Waals surface area contributed by atoms with E-state index in [1.165, 1.54) is 6.92 Å². The number of amides is 2. The van der Waals surface area contributed by atoms with Crippen LogP contribution in [0.2, 0.25) is 0 Å². The van der Waals surface area contributed by atoms with Crippen LogP contribution in [0.25, 0.3) is 0 Å². The van der Waals surface area contributed by atoms with Crippen molar-refractivity contribution in [1.29, 1.82) is 0 Å². The summed E-state index contributed by atoms with van der Waals surface area (Å²) in [6.07, 6.45) is 0.0108. The van der Waals surface area contributed by atoms with Crippen molar-refractivity contribution in [3.05, 3.63) is 57.6 Å². The molecule has 0 aliphatic carbocycles. The maximum atomic E-state index is 13.0. The topological polar surface area (TPSA) is 104 Å². The molecule has 0 aromatic heterocycles. The van der Waals surface area contributed by atoms with Crippen LogP contribution in [0, 0.1) is 34.6 Å². The van der Waals surface area contributed by atoms with Gasteiger partial charge >= 0.3 is 0 Å². The highest BCUT2D eigenvalue weighted by Gasteiger charge is 2.23. The third-order valence-corrected chi connectivity index (χ3v) is 7.66. The third-order valence-electron chi connectivity index (χ3n) is 5.93. The van der Waals surface area contributed by atoms with Gasteiger partial charge in [-0.25, -0.2) is 13.1 Å². The molecule has 0 bridgehead atoms. The average molecular weight is 460 g/mol. The van der Waals surface area contributed by atoms with Crippen molar-refractivity contribution in [3.8, 4) is 0 Å². The van der Waals surface area contributed by atoms with Gasteiger partial charge in [0.15, 0.2) is 0 Å². The SMILES string of the molecule is CC(=O)Nc1cccc(C(C)NC(=O)CCNS(=O)(=O)c2c(C)c(C)c(C)c(C)c2C)c1. The van der Waals surface area contributed by atoms with E-state index in [0.29, 0.717) is 10.6 Å². The van der Waals surface area contributed by atoms with Gasteiger partial charge in [0.1, 0.15) is 0 Å². The molecule has 7 nitrogen and oxygen atoms in total. The van der Waals surface area contributed by atoms with E-state index in [1.807, 2.05) is 47.6 Å². The lowest BCUT2D eigenvalue weighted by molar-refractivity contribution is -0.121. The number of carbonyl (C=O) groups is 2. The molecule has 2 aromatic carbocycles. The number of sulfonamides is 1. The first-order valence-electron chi connectivity index (χ1n) is 10.6. The molecular formula is C24H33N3O4S. The number of benzene rings is 2. The molecule has 32 heavy (non-hydrogen) atoms. The first-order valence-corrected chi connectivity index (χ1v) is 12.1. The summed E-state index contributed by atoms with van der Waals surface area (Å²) in [5.41, 5.74) is 5.96. The molecule has 3 N–H and O–H groups in total. The summed E-state index contributed by atoms with van der Waals surface area (Å²) in [6.45, 7) is 12.7. The van der Waals surface area contributed by atoms with Gasteiger partial charge in [0.05, 0.1) is 10.9 Å². The molecule has 8 heteroatoms. The lowest BCUT2D eigenvalue weighted by Gasteiger charge is -2.19. The fraction of sp³-hybridized carbons (Fsp3) is 0.417. The minimum Gasteiger partial charge on any atom is -0.350 e. The fourth-order valence-electron chi connectivity index (χ4n) is 3.73. The molecule has 1 unspecified atom stereocenters. The quantitative estimate of drug-likeness (QED) is 0.559. The molecule has 0 fully saturated rings. The van der Waals surface area contributed by atoms with E-state index in [0.717, 1.165) is 33.4 Å². The Morgan fingerprint density at radius 2 is 1.50 bits per heavy atom.